The lowest BCUT2D eigenvalue weighted by atomic mass is 9.84. The molecule has 1 aliphatic carbocycles. The highest BCUT2D eigenvalue weighted by molar-refractivity contribution is 7.99. The van der Waals surface area contributed by atoms with E-state index in [1.165, 1.54) is 12.1 Å². The standard InChI is InChI=1S/C45H55N11O8S/c46-39(57)37-25-65-38-18-17-29(56(63)64)23-31(38)40(58)52-34(20-26-10-3-1-4-11-26)43(61)53-35(21-27-12-5-2-6-13-27)42(60)51-33(16-9-19-49-45(47)48)41(59)54-36(44(62)55-37)22-28-24-50-32-15-8-7-14-30(28)32/h2,5-8,12-15,17-18,23-24,26,33-37,50H,1,3-4,9-11,16,19-22,25H2,(H2,46,57)(H,51,60)(H,52,58)(H,53,61)(H,54,59)(H,55,62)(H4,47,48,49). The van der Waals surface area contributed by atoms with Crippen molar-refractivity contribution in [1.29, 1.82) is 0 Å². The Bertz CT molecular complexity index is 2400. The lowest BCUT2D eigenvalue weighted by molar-refractivity contribution is -0.384. The van der Waals surface area contributed by atoms with Gasteiger partial charge in [0, 0.05) is 59.3 Å². The zero-order valence-corrected chi connectivity index (χ0v) is 36.6. The Kier molecular flexibility index (Phi) is 16.5. The van der Waals surface area contributed by atoms with Crippen LogP contribution in [-0.2, 0) is 36.8 Å². The first-order valence-electron chi connectivity index (χ1n) is 21.6. The molecule has 5 atom stereocenters. The second kappa shape index (κ2) is 22.6. The van der Waals surface area contributed by atoms with Gasteiger partial charge in [-0.25, -0.2) is 0 Å². The molecular formula is C45H55N11O8S. The number of carbonyl (C=O) groups excluding carboxylic acids is 6. The quantitative estimate of drug-likeness (QED) is 0.0326. The van der Waals surface area contributed by atoms with E-state index >= 15 is 0 Å². The Hall–Kier alpha value is -6.96. The third kappa shape index (κ3) is 13.3. The van der Waals surface area contributed by atoms with Crippen LogP contribution in [0.1, 0.15) is 72.9 Å². The van der Waals surface area contributed by atoms with Crippen molar-refractivity contribution in [2.75, 3.05) is 12.3 Å². The zero-order valence-electron chi connectivity index (χ0n) is 35.8. The number of thioether (sulfide) groups is 1. The number of benzene rings is 3. The van der Waals surface area contributed by atoms with Gasteiger partial charge in [0.2, 0.25) is 29.5 Å². The van der Waals surface area contributed by atoms with E-state index in [1.54, 1.807) is 36.5 Å². The number of nitrogens with two attached hydrogens (primary N) is 3. The Balaban J connectivity index is 1.42. The molecule has 6 rings (SSSR count). The second-order valence-electron chi connectivity index (χ2n) is 16.4. The largest absolute Gasteiger partial charge is 0.370 e. The van der Waals surface area contributed by atoms with E-state index in [9.17, 15) is 38.9 Å². The first kappa shape index (κ1) is 47.5. The number of aromatic amines is 1. The Morgan fingerprint density at radius 3 is 2.11 bits per heavy atom. The number of aliphatic imine (C=N–C) groups is 1. The van der Waals surface area contributed by atoms with Crippen molar-refractivity contribution in [2.45, 2.75) is 99.3 Å². The molecular weight excluding hydrogens is 855 g/mol. The highest BCUT2D eigenvalue weighted by atomic mass is 32.2. The molecule has 0 radical (unpaired) electrons. The number of nitrogens with one attached hydrogen (secondary N) is 6. The monoisotopic (exact) mass is 909 g/mol. The number of nitrogens with zero attached hydrogens (tertiary/aromatic N) is 2. The van der Waals surface area contributed by atoms with Crippen LogP contribution in [0.25, 0.3) is 10.9 Å². The summed E-state index contributed by atoms with van der Waals surface area (Å²) in [6.07, 6.45) is 6.61. The number of fused-ring (bicyclic) bond motifs is 2. The minimum Gasteiger partial charge on any atom is -0.370 e. The molecule has 0 saturated heterocycles. The Morgan fingerprint density at radius 1 is 0.754 bits per heavy atom. The van der Waals surface area contributed by atoms with Gasteiger partial charge in [-0.3, -0.25) is 43.9 Å². The number of nitro benzene ring substituents is 1. The van der Waals surface area contributed by atoms with E-state index in [2.05, 4.69) is 36.6 Å². The second-order valence-corrected chi connectivity index (χ2v) is 17.4. The summed E-state index contributed by atoms with van der Waals surface area (Å²) in [5.74, 6) is -4.99. The van der Waals surface area contributed by atoms with E-state index in [1.807, 2.05) is 24.3 Å². The van der Waals surface area contributed by atoms with Crippen LogP contribution in [0.4, 0.5) is 5.69 Å². The van der Waals surface area contributed by atoms with Gasteiger partial charge in [0.1, 0.15) is 30.2 Å². The van der Waals surface area contributed by atoms with Gasteiger partial charge >= 0.3 is 0 Å². The van der Waals surface area contributed by atoms with Crippen LogP contribution in [0, 0.1) is 16.0 Å². The van der Waals surface area contributed by atoms with Crippen molar-refractivity contribution in [2.24, 2.45) is 28.1 Å². The lowest BCUT2D eigenvalue weighted by Gasteiger charge is -2.29. The fourth-order valence-electron chi connectivity index (χ4n) is 8.18. The highest BCUT2D eigenvalue weighted by Crippen LogP contribution is 2.30. The van der Waals surface area contributed by atoms with E-state index in [4.69, 9.17) is 17.2 Å². The average molecular weight is 910 g/mol. The number of guanidine groups is 1. The molecule has 1 aromatic heterocycles. The van der Waals surface area contributed by atoms with Gasteiger partial charge in [-0.1, -0.05) is 80.6 Å². The van der Waals surface area contributed by atoms with Gasteiger partial charge in [0.15, 0.2) is 5.96 Å². The molecule has 2 heterocycles. The van der Waals surface area contributed by atoms with Crippen molar-refractivity contribution in [3.05, 3.63) is 106 Å². The maximum atomic E-state index is 14.5. The summed E-state index contributed by atoms with van der Waals surface area (Å²) in [6, 6.07) is 13.5. The molecule has 0 bridgehead atoms. The molecule has 65 heavy (non-hydrogen) atoms. The smallest absolute Gasteiger partial charge is 0.270 e. The molecule has 1 fully saturated rings. The first-order valence-corrected chi connectivity index (χ1v) is 22.6. The molecule has 1 aliphatic heterocycles. The summed E-state index contributed by atoms with van der Waals surface area (Å²) in [5, 5.41) is 26.7. The number of rotatable bonds is 12. The van der Waals surface area contributed by atoms with Crippen LogP contribution in [0.2, 0.25) is 0 Å². The number of carbonyl (C=O) groups is 6. The third-order valence-electron chi connectivity index (χ3n) is 11.6. The minimum absolute atomic E-state index is 0.00336. The number of H-pyrrole nitrogens is 1. The molecule has 3 aromatic carbocycles. The van der Waals surface area contributed by atoms with Crippen molar-refractivity contribution < 1.29 is 33.7 Å². The molecule has 344 valence electrons. The van der Waals surface area contributed by atoms with Crippen LogP contribution < -0.4 is 43.8 Å². The summed E-state index contributed by atoms with van der Waals surface area (Å²) in [5.41, 5.74) is 18.5. The maximum absolute atomic E-state index is 14.5. The Morgan fingerprint density at radius 2 is 1.40 bits per heavy atom. The molecule has 1 saturated carbocycles. The van der Waals surface area contributed by atoms with E-state index < -0.39 is 76.3 Å². The van der Waals surface area contributed by atoms with Crippen LogP contribution >= 0.6 is 11.8 Å². The fraction of sp³-hybridized carbons (Fsp3) is 0.400. The molecule has 4 aromatic rings. The molecule has 0 spiro atoms. The molecule has 20 heteroatoms. The number of amides is 6. The zero-order chi connectivity index (χ0) is 46.5. The van der Waals surface area contributed by atoms with Gasteiger partial charge in [0.05, 0.1) is 10.5 Å². The van der Waals surface area contributed by atoms with Crippen molar-refractivity contribution >= 4 is 69.8 Å². The lowest BCUT2D eigenvalue weighted by Crippen LogP contribution is -2.60. The molecule has 6 amide bonds. The summed E-state index contributed by atoms with van der Waals surface area (Å²) in [6.45, 7) is 0.109. The molecule has 5 unspecified atom stereocenters. The van der Waals surface area contributed by atoms with Crippen LogP contribution in [-0.4, -0.2) is 93.8 Å². The summed E-state index contributed by atoms with van der Waals surface area (Å²) >= 11 is 0.944. The van der Waals surface area contributed by atoms with E-state index in [-0.39, 0.29) is 66.7 Å². The van der Waals surface area contributed by atoms with Crippen LogP contribution in [0.5, 0.6) is 0 Å². The number of non-ortho nitro benzene ring substituents is 1. The van der Waals surface area contributed by atoms with Crippen molar-refractivity contribution in [1.82, 2.24) is 31.6 Å². The van der Waals surface area contributed by atoms with Crippen molar-refractivity contribution in [3.8, 4) is 0 Å². The van der Waals surface area contributed by atoms with Gasteiger partial charge in [-0.2, -0.15) is 0 Å². The van der Waals surface area contributed by atoms with Gasteiger partial charge in [-0.05, 0) is 48.4 Å². The highest BCUT2D eigenvalue weighted by Gasteiger charge is 2.35. The normalized spacial score (nSPS) is 21.8. The summed E-state index contributed by atoms with van der Waals surface area (Å²) in [4.78, 5) is 104. The predicted molar refractivity (Wildman–Crippen MR) is 245 cm³/mol. The first-order chi connectivity index (χ1) is 31.2. The minimum atomic E-state index is -1.36. The van der Waals surface area contributed by atoms with Crippen LogP contribution in [0.3, 0.4) is 0 Å². The molecule has 12 N–H and O–H groups in total. The average Bonchev–Trinajstić information content (AvgIpc) is 3.70. The fourth-order valence-corrected chi connectivity index (χ4v) is 9.24. The number of primary amides is 1. The predicted octanol–water partition coefficient (Wildman–Crippen LogP) is 2.21. The Labute approximate surface area is 379 Å². The van der Waals surface area contributed by atoms with Gasteiger partial charge in [-0.15, -0.1) is 11.8 Å². The van der Waals surface area contributed by atoms with Crippen LogP contribution in [0.15, 0.2) is 88.9 Å². The summed E-state index contributed by atoms with van der Waals surface area (Å²) < 4.78 is 0. The summed E-state index contributed by atoms with van der Waals surface area (Å²) in [7, 11) is 0. The topological polar surface area (TPSA) is 312 Å². The molecule has 19 nitrogen and oxygen atoms in total. The number of para-hydroxylation sites is 1. The maximum Gasteiger partial charge on any atom is 0.270 e. The van der Waals surface area contributed by atoms with Gasteiger partial charge < -0.3 is 48.8 Å². The van der Waals surface area contributed by atoms with E-state index in [0.717, 1.165) is 60.8 Å². The SMILES string of the molecule is NC(=O)C1CSc2ccc([N+](=O)[O-])cc2C(=O)NC(CC2CCCCC2)C(=O)NC(Cc2ccccc2)C(=O)NC(CCCN=C(N)N)C(=O)NC(Cc2c[nH]c3ccccc23)C(=O)N1. The third-order valence-corrected chi connectivity index (χ3v) is 12.8. The van der Waals surface area contributed by atoms with E-state index in [0.29, 0.717) is 11.1 Å². The molecule has 2 aliphatic rings. The number of hydrogen-bond acceptors (Lipinski definition) is 10. The number of nitro groups is 1. The van der Waals surface area contributed by atoms with Gasteiger partial charge in [0.25, 0.3) is 11.6 Å². The number of aromatic nitrogens is 1. The van der Waals surface area contributed by atoms with Crippen molar-refractivity contribution in [3.63, 3.8) is 0 Å². The number of hydrogen-bond donors (Lipinski definition) is 9.